The summed E-state index contributed by atoms with van der Waals surface area (Å²) in [6, 6.07) is 27.1. The molecule has 1 amide bonds. The number of hydrogen-bond acceptors (Lipinski definition) is 4. The predicted molar refractivity (Wildman–Crippen MR) is 136 cm³/mol. The van der Waals surface area contributed by atoms with E-state index in [2.05, 4.69) is 75.8 Å². The van der Waals surface area contributed by atoms with Crippen molar-refractivity contribution < 1.29 is 4.79 Å². The molecule has 0 bridgehead atoms. The maximum absolute atomic E-state index is 13.0. The van der Waals surface area contributed by atoms with Crippen LogP contribution in [0.5, 0.6) is 0 Å². The minimum absolute atomic E-state index is 0.124. The van der Waals surface area contributed by atoms with Gasteiger partial charge in [-0.05, 0) is 54.8 Å². The molecule has 0 saturated carbocycles. The third-order valence-electron chi connectivity index (χ3n) is 6.76. The molecule has 5 heteroatoms. The zero-order valence-corrected chi connectivity index (χ0v) is 19.3. The Morgan fingerprint density at radius 2 is 1.55 bits per heavy atom. The molecule has 0 aliphatic carbocycles. The summed E-state index contributed by atoms with van der Waals surface area (Å²) in [5.41, 5.74) is 5.91. The SMILES string of the molecule is C[C@H](Nc1ccc(N2CCN(Cc3ccccc3)CC2)cc1)C(=O)N1CCc2ccccc21. The van der Waals surface area contributed by atoms with E-state index in [0.717, 1.165) is 57.1 Å². The molecule has 5 nitrogen and oxygen atoms in total. The molecule has 2 aliphatic heterocycles. The first-order valence-electron chi connectivity index (χ1n) is 11.9. The number of piperazine rings is 1. The summed E-state index contributed by atoms with van der Waals surface area (Å²) in [5, 5.41) is 3.40. The number of hydrogen-bond donors (Lipinski definition) is 1. The third kappa shape index (κ3) is 4.88. The zero-order valence-electron chi connectivity index (χ0n) is 19.3. The smallest absolute Gasteiger partial charge is 0.249 e. The largest absolute Gasteiger partial charge is 0.374 e. The van der Waals surface area contributed by atoms with Crippen LogP contribution in [0.1, 0.15) is 18.1 Å². The average Bonchev–Trinajstić information content (AvgIpc) is 3.29. The van der Waals surface area contributed by atoms with Gasteiger partial charge in [0.15, 0.2) is 0 Å². The molecule has 1 fully saturated rings. The molecule has 1 atom stereocenters. The van der Waals surface area contributed by atoms with Gasteiger partial charge >= 0.3 is 0 Å². The third-order valence-corrected chi connectivity index (χ3v) is 6.76. The maximum Gasteiger partial charge on any atom is 0.249 e. The molecule has 0 radical (unpaired) electrons. The number of anilines is 3. The molecule has 0 aromatic heterocycles. The Morgan fingerprint density at radius 1 is 0.848 bits per heavy atom. The van der Waals surface area contributed by atoms with E-state index in [9.17, 15) is 4.79 Å². The highest BCUT2D eigenvalue weighted by Crippen LogP contribution is 2.28. The van der Waals surface area contributed by atoms with Crippen molar-refractivity contribution in [3.05, 3.63) is 90.0 Å². The van der Waals surface area contributed by atoms with Crippen LogP contribution in [0.25, 0.3) is 0 Å². The van der Waals surface area contributed by atoms with Gasteiger partial charge in [-0.15, -0.1) is 0 Å². The zero-order chi connectivity index (χ0) is 22.6. The molecule has 5 rings (SSSR count). The van der Waals surface area contributed by atoms with Gasteiger partial charge in [-0.2, -0.15) is 0 Å². The molecule has 3 aromatic rings. The van der Waals surface area contributed by atoms with E-state index in [0.29, 0.717) is 0 Å². The highest BCUT2D eigenvalue weighted by molar-refractivity contribution is 6.00. The topological polar surface area (TPSA) is 38.8 Å². The van der Waals surface area contributed by atoms with Crippen LogP contribution in [-0.4, -0.2) is 49.6 Å². The normalized spacial score (nSPS) is 17.0. The molecule has 33 heavy (non-hydrogen) atoms. The fourth-order valence-electron chi connectivity index (χ4n) is 4.89. The Labute approximate surface area is 196 Å². The summed E-state index contributed by atoms with van der Waals surface area (Å²) in [6.07, 6.45) is 0.932. The van der Waals surface area contributed by atoms with Gasteiger partial charge in [0.2, 0.25) is 5.91 Å². The minimum atomic E-state index is -0.275. The Kier molecular flexibility index (Phi) is 6.31. The lowest BCUT2D eigenvalue weighted by Crippen LogP contribution is -2.45. The molecule has 3 aromatic carbocycles. The van der Waals surface area contributed by atoms with Crippen LogP contribution in [-0.2, 0) is 17.8 Å². The number of fused-ring (bicyclic) bond motifs is 1. The van der Waals surface area contributed by atoms with Crippen molar-refractivity contribution >= 4 is 23.0 Å². The molecule has 1 N–H and O–H groups in total. The lowest BCUT2D eigenvalue weighted by molar-refractivity contribution is -0.118. The van der Waals surface area contributed by atoms with Gasteiger partial charge in [-0.3, -0.25) is 9.69 Å². The summed E-state index contributed by atoms with van der Waals surface area (Å²) in [7, 11) is 0. The monoisotopic (exact) mass is 440 g/mol. The van der Waals surface area contributed by atoms with Crippen molar-refractivity contribution in [1.82, 2.24) is 4.90 Å². The average molecular weight is 441 g/mol. The van der Waals surface area contributed by atoms with Crippen molar-refractivity contribution in [2.45, 2.75) is 25.9 Å². The summed E-state index contributed by atoms with van der Waals surface area (Å²) >= 11 is 0. The van der Waals surface area contributed by atoms with Gasteiger partial charge < -0.3 is 15.1 Å². The second-order valence-electron chi connectivity index (χ2n) is 9.03. The van der Waals surface area contributed by atoms with E-state index >= 15 is 0 Å². The molecule has 1 saturated heterocycles. The number of nitrogens with zero attached hydrogens (tertiary/aromatic N) is 3. The van der Waals surface area contributed by atoms with Crippen LogP contribution < -0.4 is 15.1 Å². The number of para-hydroxylation sites is 1. The van der Waals surface area contributed by atoms with Crippen LogP contribution in [0.15, 0.2) is 78.9 Å². The Bertz CT molecular complexity index is 1070. The van der Waals surface area contributed by atoms with Crippen LogP contribution in [0.3, 0.4) is 0 Å². The van der Waals surface area contributed by atoms with Crippen molar-refractivity contribution in [2.75, 3.05) is 47.8 Å². The lowest BCUT2D eigenvalue weighted by Gasteiger charge is -2.36. The number of nitrogens with one attached hydrogen (secondary N) is 1. The Morgan fingerprint density at radius 3 is 2.30 bits per heavy atom. The molecule has 0 unspecified atom stereocenters. The van der Waals surface area contributed by atoms with Crippen LogP contribution in [0.4, 0.5) is 17.1 Å². The summed E-state index contributed by atoms with van der Waals surface area (Å²) in [5.74, 6) is 0.124. The van der Waals surface area contributed by atoms with Gasteiger partial charge in [0, 0.05) is 56.3 Å². The van der Waals surface area contributed by atoms with Crippen LogP contribution in [0.2, 0.25) is 0 Å². The molecule has 0 spiro atoms. The van der Waals surface area contributed by atoms with Crippen molar-refractivity contribution in [2.24, 2.45) is 0 Å². The molecular formula is C28H32N4O. The molecule has 2 heterocycles. The molecule has 170 valence electrons. The summed E-state index contributed by atoms with van der Waals surface area (Å²) in [6.45, 7) is 7.93. The van der Waals surface area contributed by atoms with E-state index in [1.54, 1.807) is 0 Å². The van der Waals surface area contributed by atoms with Crippen LogP contribution >= 0.6 is 0 Å². The summed E-state index contributed by atoms with van der Waals surface area (Å²) in [4.78, 5) is 19.9. The maximum atomic E-state index is 13.0. The van der Waals surface area contributed by atoms with E-state index in [4.69, 9.17) is 0 Å². The second kappa shape index (κ2) is 9.67. The first kappa shape index (κ1) is 21.5. The quantitative estimate of drug-likeness (QED) is 0.617. The Balaban J connectivity index is 1.14. The van der Waals surface area contributed by atoms with Gasteiger partial charge in [-0.1, -0.05) is 48.5 Å². The van der Waals surface area contributed by atoms with E-state index in [-0.39, 0.29) is 11.9 Å². The first-order chi connectivity index (χ1) is 16.2. The first-order valence-corrected chi connectivity index (χ1v) is 11.9. The van der Waals surface area contributed by atoms with Crippen molar-refractivity contribution in [3.63, 3.8) is 0 Å². The molecular weight excluding hydrogens is 408 g/mol. The van der Waals surface area contributed by atoms with E-state index < -0.39 is 0 Å². The number of benzene rings is 3. The summed E-state index contributed by atoms with van der Waals surface area (Å²) < 4.78 is 0. The van der Waals surface area contributed by atoms with Gasteiger partial charge in [0.05, 0.1) is 0 Å². The van der Waals surface area contributed by atoms with E-state index in [1.807, 2.05) is 30.0 Å². The van der Waals surface area contributed by atoms with Gasteiger partial charge in [0.1, 0.15) is 6.04 Å². The molecule has 2 aliphatic rings. The second-order valence-corrected chi connectivity index (χ2v) is 9.03. The van der Waals surface area contributed by atoms with Crippen molar-refractivity contribution in [3.8, 4) is 0 Å². The van der Waals surface area contributed by atoms with E-state index in [1.165, 1.54) is 16.8 Å². The standard InChI is InChI=1S/C28H32N4O/c1-22(28(33)32-16-15-24-9-5-6-10-27(24)32)29-25-11-13-26(14-12-25)31-19-17-30(18-20-31)21-23-7-3-2-4-8-23/h2-14,22,29H,15-21H2,1H3/t22-/m0/s1. The number of amides is 1. The van der Waals surface area contributed by atoms with Gasteiger partial charge in [-0.25, -0.2) is 0 Å². The highest BCUT2D eigenvalue weighted by atomic mass is 16.2. The predicted octanol–water partition coefficient (Wildman–Crippen LogP) is 4.40. The number of carbonyl (C=O) groups is 1. The fourth-order valence-corrected chi connectivity index (χ4v) is 4.89. The number of rotatable bonds is 6. The van der Waals surface area contributed by atoms with Crippen LogP contribution in [0, 0.1) is 0 Å². The van der Waals surface area contributed by atoms with Gasteiger partial charge in [0.25, 0.3) is 0 Å². The Hall–Kier alpha value is -3.31. The number of carbonyl (C=O) groups excluding carboxylic acids is 1. The fraction of sp³-hybridized carbons (Fsp3) is 0.321. The van der Waals surface area contributed by atoms with Crippen molar-refractivity contribution in [1.29, 1.82) is 0 Å². The lowest BCUT2D eigenvalue weighted by atomic mass is 10.1. The minimum Gasteiger partial charge on any atom is -0.374 e. The highest BCUT2D eigenvalue weighted by Gasteiger charge is 2.27.